The molecule has 0 aliphatic carbocycles. The van der Waals surface area contributed by atoms with Gasteiger partial charge >= 0.3 is 0 Å². The quantitative estimate of drug-likeness (QED) is 0.609. The summed E-state index contributed by atoms with van der Waals surface area (Å²) in [6.07, 6.45) is -0.379. The summed E-state index contributed by atoms with van der Waals surface area (Å²) in [5, 5.41) is 9.48. The number of rotatable bonds is 2. The summed E-state index contributed by atoms with van der Waals surface area (Å²) in [5.41, 5.74) is 0. The van der Waals surface area contributed by atoms with Crippen molar-refractivity contribution >= 4 is 0 Å². The molecule has 0 aromatic rings. The van der Waals surface area contributed by atoms with Crippen molar-refractivity contribution in [3.8, 4) is 0 Å². The van der Waals surface area contributed by atoms with E-state index in [1.807, 2.05) is 13.8 Å². The summed E-state index contributed by atoms with van der Waals surface area (Å²) in [6.45, 7) is 3.83. The maximum atomic E-state index is 9.48. The van der Waals surface area contributed by atoms with Gasteiger partial charge in [0.1, 0.15) is 12.2 Å². The van der Waals surface area contributed by atoms with Gasteiger partial charge < -0.3 is 19.3 Å². The monoisotopic (exact) mass is 174 g/mol. The summed E-state index contributed by atoms with van der Waals surface area (Å²) in [7, 11) is 0. The molecule has 12 heavy (non-hydrogen) atoms. The Morgan fingerprint density at radius 2 is 2.17 bits per heavy atom. The lowest BCUT2D eigenvalue weighted by atomic mass is 10.1. The van der Waals surface area contributed by atoms with Crippen molar-refractivity contribution in [2.75, 3.05) is 0 Å². The predicted octanol–water partition coefficient (Wildman–Crippen LogP) is 0.244. The zero-order chi connectivity index (χ0) is 8.72. The third kappa shape index (κ3) is 1.61. The van der Waals surface area contributed by atoms with E-state index in [-0.39, 0.29) is 18.5 Å². The predicted molar refractivity (Wildman–Crippen MR) is 40.4 cm³/mol. The fourth-order valence-corrected chi connectivity index (χ4v) is 1.38. The van der Waals surface area contributed by atoms with Crippen LogP contribution in [0.15, 0.2) is 0 Å². The van der Waals surface area contributed by atoms with Crippen molar-refractivity contribution in [3.05, 3.63) is 0 Å². The lowest BCUT2D eigenvalue weighted by Gasteiger charge is -2.26. The van der Waals surface area contributed by atoms with Gasteiger partial charge in [0.25, 0.3) is 0 Å². The smallest absolute Gasteiger partial charge is 0.187 e. The Balaban J connectivity index is 1.87. The maximum absolute atomic E-state index is 9.48. The molecule has 2 saturated heterocycles. The molecule has 4 nitrogen and oxygen atoms in total. The molecule has 4 heteroatoms. The molecular formula is C8H14O4. The Morgan fingerprint density at radius 3 is 2.83 bits per heavy atom. The van der Waals surface area contributed by atoms with Crippen LogP contribution in [0, 0.1) is 0 Å². The number of epoxide rings is 1. The SMILES string of the molecule is CC(C)O[C@@H]1OC2O[C@@H]2C[C@@H]1O. The molecule has 2 aliphatic heterocycles. The average Bonchev–Trinajstić information content (AvgIpc) is 2.65. The first kappa shape index (κ1) is 8.44. The summed E-state index contributed by atoms with van der Waals surface area (Å²) < 4.78 is 15.7. The second kappa shape index (κ2) is 2.96. The molecule has 0 aromatic heterocycles. The van der Waals surface area contributed by atoms with Crippen LogP contribution in [0.25, 0.3) is 0 Å². The van der Waals surface area contributed by atoms with Crippen LogP contribution in [0.4, 0.5) is 0 Å². The lowest BCUT2D eigenvalue weighted by Crippen LogP contribution is -2.39. The van der Waals surface area contributed by atoms with E-state index in [0.717, 1.165) is 0 Å². The Morgan fingerprint density at radius 1 is 1.42 bits per heavy atom. The number of aliphatic hydroxyl groups is 1. The number of ether oxygens (including phenoxy) is 3. The summed E-state index contributed by atoms with van der Waals surface area (Å²) in [6, 6.07) is 0. The molecule has 70 valence electrons. The second-order valence-electron chi connectivity index (χ2n) is 3.54. The minimum Gasteiger partial charge on any atom is -0.388 e. The molecule has 2 heterocycles. The topological polar surface area (TPSA) is 51.2 Å². The van der Waals surface area contributed by atoms with Gasteiger partial charge in [-0.05, 0) is 13.8 Å². The third-order valence-electron chi connectivity index (χ3n) is 2.00. The highest BCUT2D eigenvalue weighted by atomic mass is 16.8. The van der Waals surface area contributed by atoms with Crippen molar-refractivity contribution in [2.45, 2.75) is 51.2 Å². The van der Waals surface area contributed by atoms with Crippen molar-refractivity contribution in [2.24, 2.45) is 0 Å². The molecule has 0 saturated carbocycles. The van der Waals surface area contributed by atoms with Gasteiger partial charge in [-0.15, -0.1) is 0 Å². The lowest BCUT2D eigenvalue weighted by molar-refractivity contribution is -0.235. The first-order chi connectivity index (χ1) is 5.66. The highest BCUT2D eigenvalue weighted by Crippen LogP contribution is 2.35. The molecule has 1 N–H and O–H groups in total. The van der Waals surface area contributed by atoms with Crippen LogP contribution in [-0.4, -0.2) is 36.0 Å². The van der Waals surface area contributed by atoms with Crippen LogP contribution in [-0.2, 0) is 14.2 Å². The summed E-state index contributed by atoms with van der Waals surface area (Å²) >= 11 is 0. The van der Waals surface area contributed by atoms with Crippen LogP contribution in [0.5, 0.6) is 0 Å². The maximum Gasteiger partial charge on any atom is 0.187 e. The van der Waals surface area contributed by atoms with Gasteiger partial charge in [-0.1, -0.05) is 0 Å². The minimum atomic E-state index is -0.545. The molecule has 1 unspecified atom stereocenters. The van der Waals surface area contributed by atoms with E-state index < -0.39 is 12.4 Å². The molecule has 4 atom stereocenters. The zero-order valence-corrected chi connectivity index (χ0v) is 7.27. The van der Waals surface area contributed by atoms with E-state index in [2.05, 4.69) is 0 Å². The number of hydrogen-bond acceptors (Lipinski definition) is 4. The second-order valence-corrected chi connectivity index (χ2v) is 3.54. The van der Waals surface area contributed by atoms with Crippen LogP contribution < -0.4 is 0 Å². The van der Waals surface area contributed by atoms with Crippen LogP contribution >= 0.6 is 0 Å². The van der Waals surface area contributed by atoms with Crippen molar-refractivity contribution in [3.63, 3.8) is 0 Å². The molecule has 0 amide bonds. The molecule has 2 rings (SSSR count). The normalized spacial score (nSPS) is 46.0. The van der Waals surface area contributed by atoms with Gasteiger partial charge in [-0.2, -0.15) is 0 Å². The van der Waals surface area contributed by atoms with Crippen LogP contribution in [0.1, 0.15) is 20.3 Å². The minimum absolute atomic E-state index is 0.0694. The van der Waals surface area contributed by atoms with Crippen LogP contribution in [0.2, 0.25) is 0 Å². The Bertz CT molecular complexity index is 168. The van der Waals surface area contributed by atoms with Gasteiger partial charge in [0.2, 0.25) is 0 Å². The Labute approximate surface area is 71.4 Å². The van der Waals surface area contributed by atoms with Crippen molar-refractivity contribution < 1.29 is 19.3 Å². The standard InChI is InChI=1S/C8H14O4/c1-4(2)10-7-5(9)3-6-8(11-6)12-7/h4-9H,3H2,1-2H3/t5-,6+,7+,8?/m0/s1. The Kier molecular flexibility index (Phi) is 2.08. The van der Waals surface area contributed by atoms with Gasteiger partial charge in [-0.3, -0.25) is 0 Å². The number of hydrogen-bond donors (Lipinski definition) is 1. The van der Waals surface area contributed by atoms with Crippen LogP contribution in [0.3, 0.4) is 0 Å². The molecular weight excluding hydrogens is 160 g/mol. The van der Waals surface area contributed by atoms with Gasteiger partial charge in [0, 0.05) is 6.42 Å². The molecule has 0 bridgehead atoms. The van der Waals surface area contributed by atoms with E-state index in [1.165, 1.54) is 0 Å². The fourth-order valence-electron chi connectivity index (χ4n) is 1.38. The van der Waals surface area contributed by atoms with E-state index in [1.54, 1.807) is 0 Å². The van der Waals surface area contributed by atoms with E-state index in [0.29, 0.717) is 6.42 Å². The van der Waals surface area contributed by atoms with Crippen molar-refractivity contribution in [1.82, 2.24) is 0 Å². The molecule has 0 radical (unpaired) electrons. The summed E-state index contributed by atoms with van der Waals surface area (Å²) in [4.78, 5) is 0. The molecule has 2 aliphatic rings. The summed E-state index contributed by atoms with van der Waals surface area (Å²) in [5.74, 6) is 0. The van der Waals surface area contributed by atoms with Gasteiger partial charge in [0.15, 0.2) is 12.6 Å². The molecule has 0 spiro atoms. The first-order valence-electron chi connectivity index (χ1n) is 4.31. The van der Waals surface area contributed by atoms with E-state index >= 15 is 0 Å². The molecule has 0 aromatic carbocycles. The van der Waals surface area contributed by atoms with Gasteiger partial charge in [0.05, 0.1) is 6.10 Å². The largest absolute Gasteiger partial charge is 0.388 e. The van der Waals surface area contributed by atoms with Gasteiger partial charge in [-0.25, -0.2) is 0 Å². The third-order valence-corrected chi connectivity index (χ3v) is 2.00. The number of aliphatic hydroxyl groups excluding tert-OH is 1. The molecule has 2 fully saturated rings. The fraction of sp³-hybridized carbons (Fsp3) is 1.00. The van der Waals surface area contributed by atoms with Crippen molar-refractivity contribution in [1.29, 1.82) is 0 Å². The first-order valence-corrected chi connectivity index (χ1v) is 4.31. The van der Waals surface area contributed by atoms with E-state index in [9.17, 15) is 5.11 Å². The number of fused-ring (bicyclic) bond motifs is 1. The zero-order valence-electron chi connectivity index (χ0n) is 7.27. The Hall–Kier alpha value is -0.160. The van der Waals surface area contributed by atoms with E-state index in [4.69, 9.17) is 14.2 Å². The highest BCUT2D eigenvalue weighted by Gasteiger charge is 2.50. The highest BCUT2D eigenvalue weighted by molar-refractivity contribution is 4.86. The average molecular weight is 174 g/mol.